The highest BCUT2D eigenvalue weighted by molar-refractivity contribution is 7.80. The first-order chi connectivity index (χ1) is 9.30. The maximum atomic E-state index is 12.2. The van der Waals surface area contributed by atoms with Gasteiger partial charge in [-0.2, -0.15) is 18.3 Å². The van der Waals surface area contributed by atoms with Crippen LogP contribution in [0, 0.1) is 0 Å². The number of rotatable bonds is 6. The summed E-state index contributed by atoms with van der Waals surface area (Å²) in [4.78, 5) is 0.112. The first kappa shape index (κ1) is 16.6. The Morgan fingerprint density at radius 3 is 2.35 bits per heavy atom. The second-order valence-electron chi connectivity index (χ2n) is 4.21. The van der Waals surface area contributed by atoms with E-state index < -0.39 is 12.6 Å². The second kappa shape index (κ2) is 6.83. The van der Waals surface area contributed by atoms with Gasteiger partial charge in [-0.15, -0.1) is 5.10 Å². The van der Waals surface area contributed by atoms with E-state index in [0.29, 0.717) is 18.4 Å². The van der Waals surface area contributed by atoms with Crippen LogP contribution in [0.3, 0.4) is 0 Å². The Bertz CT molecular complexity index is 488. The van der Waals surface area contributed by atoms with E-state index in [4.69, 9.17) is 18.0 Å². The van der Waals surface area contributed by atoms with E-state index in [0.717, 1.165) is 11.3 Å². The lowest BCUT2D eigenvalue weighted by Gasteiger charge is -2.16. The van der Waals surface area contributed by atoms with Crippen LogP contribution in [0.1, 0.15) is 37.1 Å². The van der Waals surface area contributed by atoms with Crippen LogP contribution in [0.2, 0.25) is 0 Å². The summed E-state index contributed by atoms with van der Waals surface area (Å²) in [7, 11) is 0. The number of halogens is 3. The molecule has 20 heavy (non-hydrogen) atoms. The van der Waals surface area contributed by atoms with Crippen molar-refractivity contribution in [3.8, 4) is 0 Å². The molecule has 0 bridgehead atoms. The molecule has 0 aliphatic heterocycles. The zero-order valence-corrected chi connectivity index (χ0v) is 12.2. The van der Waals surface area contributed by atoms with Gasteiger partial charge in [-0.3, -0.25) is 0 Å². The molecule has 0 saturated heterocycles. The zero-order chi connectivity index (χ0) is 15.3. The monoisotopic (exact) mass is 306 g/mol. The van der Waals surface area contributed by atoms with E-state index >= 15 is 0 Å². The predicted octanol–water partition coefficient (Wildman–Crippen LogP) is 2.60. The highest BCUT2D eigenvalue weighted by atomic mass is 32.1. The molecule has 0 spiro atoms. The molecule has 0 aromatic carbocycles. The fraction of sp³-hybridized carbons (Fsp3) is 0.583. The van der Waals surface area contributed by atoms with Crippen molar-refractivity contribution in [2.24, 2.45) is 5.73 Å². The topological polar surface area (TPSA) is 63.8 Å². The fourth-order valence-corrected chi connectivity index (χ4v) is 2.10. The number of nitrogens with two attached hydrogens (primary N) is 1. The minimum absolute atomic E-state index is 0.112. The maximum Gasteiger partial charge on any atom is 0.390 e. The van der Waals surface area contributed by atoms with Crippen molar-refractivity contribution < 1.29 is 13.2 Å². The van der Waals surface area contributed by atoms with Gasteiger partial charge in [0.05, 0.1) is 17.7 Å². The lowest BCUT2D eigenvalue weighted by molar-refractivity contribution is -0.131. The third-order valence-corrected chi connectivity index (χ3v) is 3.00. The molecular formula is C12H17F3N4S. The summed E-state index contributed by atoms with van der Waals surface area (Å²) in [5, 5.41) is 10.5. The van der Waals surface area contributed by atoms with Crippen LogP contribution < -0.4 is 11.1 Å². The number of aromatic nitrogens is 2. The maximum absolute atomic E-state index is 12.2. The van der Waals surface area contributed by atoms with Crippen molar-refractivity contribution in [2.45, 2.75) is 39.3 Å². The van der Waals surface area contributed by atoms with Gasteiger partial charge in [-0.1, -0.05) is 26.1 Å². The summed E-state index contributed by atoms with van der Waals surface area (Å²) in [6.45, 7) is 3.54. The van der Waals surface area contributed by atoms with E-state index in [-0.39, 0.29) is 17.4 Å². The van der Waals surface area contributed by atoms with Crippen molar-refractivity contribution in [3.63, 3.8) is 0 Å². The lowest BCUT2D eigenvalue weighted by Crippen LogP contribution is -2.22. The molecule has 0 unspecified atom stereocenters. The Morgan fingerprint density at radius 2 is 1.90 bits per heavy atom. The molecule has 1 aromatic rings. The van der Waals surface area contributed by atoms with Crippen molar-refractivity contribution in [1.29, 1.82) is 0 Å². The fourth-order valence-electron chi connectivity index (χ4n) is 1.88. The van der Waals surface area contributed by atoms with E-state index in [1.807, 2.05) is 13.8 Å². The SMILES string of the molecule is CCc1nnc(NCCC(F)(F)F)c(C(N)=S)c1CC. The van der Waals surface area contributed by atoms with Crippen molar-refractivity contribution in [1.82, 2.24) is 10.2 Å². The molecular weight excluding hydrogens is 289 g/mol. The summed E-state index contributed by atoms with van der Waals surface area (Å²) >= 11 is 4.98. The van der Waals surface area contributed by atoms with Gasteiger partial charge in [0.25, 0.3) is 0 Å². The Kier molecular flexibility index (Phi) is 5.67. The molecule has 0 saturated carbocycles. The molecule has 0 aliphatic carbocycles. The van der Waals surface area contributed by atoms with Gasteiger partial charge in [-0.25, -0.2) is 0 Å². The standard InChI is InChI=1S/C12H17F3N4S/c1-3-7-8(4-2)18-19-11(9(7)10(16)20)17-6-5-12(13,14)15/h3-6H2,1-2H3,(H2,16,20)(H,17,19). The van der Waals surface area contributed by atoms with Gasteiger partial charge < -0.3 is 11.1 Å². The van der Waals surface area contributed by atoms with Gasteiger partial charge >= 0.3 is 6.18 Å². The molecule has 0 aliphatic rings. The Morgan fingerprint density at radius 1 is 1.25 bits per heavy atom. The molecule has 1 rings (SSSR count). The van der Waals surface area contributed by atoms with Crippen LogP contribution in [0.4, 0.5) is 19.0 Å². The van der Waals surface area contributed by atoms with Crippen LogP contribution in [0.5, 0.6) is 0 Å². The largest absolute Gasteiger partial charge is 0.390 e. The number of hydrogen-bond acceptors (Lipinski definition) is 4. The molecule has 0 fully saturated rings. The van der Waals surface area contributed by atoms with Gasteiger partial charge in [0.2, 0.25) is 0 Å². The van der Waals surface area contributed by atoms with E-state index in [2.05, 4.69) is 15.5 Å². The molecule has 8 heteroatoms. The first-order valence-corrected chi connectivity index (χ1v) is 6.69. The quantitative estimate of drug-likeness (QED) is 0.791. The van der Waals surface area contributed by atoms with Gasteiger partial charge in [-0.05, 0) is 18.4 Å². The number of thiocarbonyl (C=S) groups is 1. The van der Waals surface area contributed by atoms with Crippen molar-refractivity contribution in [2.75, 3.05) is 11.9 Å². The smallest absolute Gasteiger partial charge is 0.389 e. The van der Waals surface area contributed by atoms with Crippen LogP contribution in [0.15, 0.2) is 0 Å². The van der Waals surface area contributed by atoms with E-state index in [1.165, 1.54) is 0 Å². The number of nitrogens with zero attached hydrogens (tertiary/aromatic N) is 2. The second-order valence-corrected chi connectivity index (χ2v) is 4.65. The number of aryl methyl sites for hydroxylation is 1. The van der Waals surface area contributed by atoms with Crippen LogP contribution in [0.25, 0.3) is 0 Å². The molecule has 0 atom stereocenters. The number of hydrogen-bond donors (Lipinski definition) is 2. The van der Waals surface area contributed by atoms with Crippen molar-refractivity contribution >= 4 is 23.0 Å². The van der Waals surface area contributed by atoms with Gasteiger partial charge in [0.15, 0.2) is 5.82 Å². The summed E-state index contributed by atoms with van der Waals surface area (Å²) in [5.41, 5.74) is 7.77. The molecule has 0 radical (unpaired) electrons. The molecule has 4 nitrogen and oxygen atoms in total. The molecule has 1 aromatic heterocycles. The zero-order valence-electron chi connectivity index (χ0n) is 11.3. The minimum Gasteiger partial charge on any atom is -0.389 e. The van der Waals surface area contributed by atoms with Gasteiger partial charge in [0, 0.05) is 6.54 Å². The average Bonchev–Trinajstić information content (AvgIpc) is 2.35. The van der Waals surface area contributed by atoms with Crippen LogP contribution in [-0.4, -0.2) is 27.9 Å². The summed E-state index contributed by atoms with van der Waals surface area (Å²) in [6.07, 6.45) is -3.88. The number of anilines is 1. The Balaban J connectivity index is 3.04. The summed E-state index contributed by atoms with van der Waals surface area (Å²) < 4.78 is 36.5. The Hall–Kier alpha value is -1.44. The minimum atomic E-state index is -4.22. The number of alkyl halides is 3. The summed E-state index contributed by atoms with van der Waals surface area (Å²) in [5.74, 6) is 0.218. The summed E-state index contributed by atoms with van der Waals surface area (Å²) in [6, 6.07) is 0. The molecule has 0 amide bonds. The van der Waals surface area contributed by atoms with Crippen LogP contribution in [-0.2, 0) is 12.8 Å². The average molecular weight is 306 g/mol. The lowest BCUT2D eigenvalue weighted by atomic mass is 10.0. The third kappa shape index (κ3) is 4.29. The van der Waals surface area contributed by atoms with E-state index in [1.54, 1.807) is 0 Å². The molecule has 112 valence electrons. The molecule has 3 N–H and O–H groups in total. The molecule has 1 heterocycles. The van der Waals surface area contributed by atoms with Gasteiger partial charge in [0.1, 0.15) is 4.99 Å². The van der Waals surface area contributed by atoms with E-state index in [9.17, 15) is 13.2 Å². The van der Waals surface area contributed by atoms with Crippen LogP contribution >= 0.6 is 12.2 Å². The van der Waals surface area contributed by atoms with Crippen molar-refractivity contribution in [3.05, 3.63) is 16.8 Å². The highest BCUT2D eigenvalue weighted by Gasteiger charge is 2.26. The number of nitrogens with one attached hydrogen (secondary N) is 1. The Labute approximate surface area is 121 Å². The highest BCUT2D eigenvalue weighted by Crippen LogP contribution is 2.23. The normalized spacial score (nSPS) is 11.4. The first-order valence-electron chi connectivity index (χ1n) is 6.29. The predicted molar refractivity (Wildman–Crippen MR) is 75.8 cm³/mol. The third-order valence-electron chi connectivity index (χ3n) is 2.79.